The molecule has 1 fully saturated rings. The number of carbonyl (C=O) groups is 2. The molecule has 1 aliphatic rings. The number of aliphatic carboxylic acids is 1. The van der Waals surface area contributed by atoms with E-state index in [-0.39, 0.29) is 6.04 Å². The van der Waals surface area contributed by atoms with Crippen molar-refractivity contribution >= 4 is 23.5 Å². The number of carbonyl (C=O) groups excluding carboxylic acids is 1. The first-order chi connectivity index (χ1) is 9.38. The number of hydrogen-bond donors (Lipinski definition) is 2. The van der Waals surface area contributed by atoms with Gasteiger partial charge < -0.3 is 10.4 Å². The minimum atomic E-state index is -0.915. The molecule has 2 N–H and O–H groups in total. The fourth-order valence-corrected chi connectivity index (χ4v) is 2.45. The number of carboxylic acid groups (broad SMARTS) is 1. The number of nitrogens with one attached hydrogen (secondary N) is 1. The molecular formula is C13H12ClF2NO3. The second-order valence-corrected chi connectivity index (χ2v) is 5.17. The highest BCUT2D eigenvalue weighted by molar-refractivity contribution is 6.30. The fraction of sp³-hybridized carbons (Fsp3) is 0.385. The summed E-state index contributed by atoms with van der Waals surface area (Å²) < 4.78 is 26.8. The van der Waals surface area contributed by atoms with Gasteiger partial charge in [0.25, 0.3) is 5.91 Å². The summed E-state index contributed by atoms with van der Waals surface area (Å²) in [6.07, 6.45) is 1.25. The molecule has 0 radical (unpaired) electrons. The standard InChI is InChI=1S/C13H12ClF2NO3/c14-9-5-10(15)8(4-11(9)16)12(18)17-7-2-1-6(3-7)13(19)20/h4-7H,1-3H2,(H,17,18)(H,19,20)/t6-,7+/m1/s1. The molecule has 1 saturated carbocycles. The summed E-state index contributed by atoms with van der Waals surface area (Å²) in [5.41, 5.74) is -0.439. The van der Waals surface area contributed by atoms with Gasteiger partial charge in [-0.15, -0.1) is 0 Å². The van der Waals surface area contributed by atoms with Gasteiger partial charge in [-0.25, -0.2) is 8.78 Å². The number of amides is 1. The molecule has 1 aromatic carbocycles. The third-order valence-corrected chi connectivity index (χ3v) is 3.66. The largest absolute Gasteiger partial charge is 0.481 e. The zero-order valence-corrected chi connectivity index (χ0v) is 11.1. The van der Waals surface area contributed by atoms with Gasteiger partial charge in [-0.1, -0.05) is 11.6 Å². The second kappa shape index (κ2) is 5.75. The summed E-state index contributed by atoms with van der Waals surface area (Å²) >= 11 is 5.40. The van der Waals surface area contributed by atoms with Crippen LogP contribution in [0.1, 0.15) is 29.6 Å². The lowest BCUT2D eigenvalue weighted by molar-refractivity contribution is -0.141. The zero-order chi connectivity index (χ0) is 14.9. The Morgan fingerprint density at radius 2 is 1.95 bits per heavy atom. The van der Waals surface area contributed by atoms with E-state index >= 15 is 0 Å². The fourth-order valence-electron chi connectivity index (χ4n) is 2.30. The van der Waals surface area contributed by atoms with E-state index in [1.54, 1.807) is 0 Å². The van der Waals surface area contributed by atoms with Crippen LogP contribution in [-0.4, -0.2) is 23.0 Å². The quantitative estimate of drug-likeness (QED) is 0.844. The van der Waals surface area contributed by atoms with Crippen molar-refractivity contribution in [1.82, 2.24) is 5.32 Å². The van der Waals surface area contributed by atoms with Crippen molar-refractivity contribution in [2.24, 2.45) is 5.92 Å². The van der Waals surface area contributed by atoms with Gasteiger partial charge in [-0.05, 0) is 31.4 Å². The van der Waals surface area contributed by atoms with Crippen LogP contribution in [0.2, 0.25) is 5.02 Å². The van der Waals surface area contributed by atoms with Gasteiger partial charge in [0.1, 0.15) is 11.6 Å². The van der Waals surface area contributed by atoms with E-state index in [1.165, 1.54) is 0 Å². The average Bonchev–Trinajstić information content (AvgIpc) is 2.82. The van der Waals surface area contributed by atoms with Gasteiger partial charge in [-0.3, -0.25) is 9.59 Å². The topological polar surface area (TPSA) is 66.4 Å². The van der Waals surface area contributed by atoms with Crippen molar-refractivity contribution in [2.45, 2.75) is 25.3 Å². The van der Waals surface area contributed by atoms with E-state index in [9.17, 15) is 18.4 Å². The molecule has 1 aromatic rings. The van der Waals surface area contributed by atoms with E-state index in [0.717, 1.165) is 12.1 Å². The van der Waals surface area contributed by atoms with Crippen LogP contribution in [0.3, 0.4) is 0 Å². The summed E-state index contributed by atoms with van der Waals surface area (Å²) in [7, 11) is 0. The number of carboxylic acids is 1. The summed E-state index contributed by atoms with van der Waals surface area (Å²) in [5, 5.41) is 11.0. The van der Waals surface area contributed by atoms with Crippen molar-refractivity contribution in [1.29, 1.82) is 0 Å². The van der Waals surface area contributed by atoms with Crippen LogP contribution in [0.25, 0.3) is 0 Å². The monoisotopic (exact) mass is 303 g/mol. The summed E-state index contributed by atoms with van der Waals surface area (Å²) in [5.74, 6) is -3.98. The highest BCUT2D eigenvalue weighted by atomic mass is 35.5. The average molecular weight is 304 g/mol. The van der Waals surface area contributed by atoms with Crippen molar-refractivity contribution in [2.75, 3.05) is 0 Å². The Morgan fingerprint density at radius 3 is 2.55 bits per heavy atom. The van der Waals surface area contributed by atoms with E-state index < -0.39 is 40.0 Å². The molecule has 20 heavy (non-hydrogen) atoms. The van der Waals surface area contributed by atoms with E-state index in [2.05, 4.69) is 5.32 Å². The molecule has 2 rings (SSSR count). The van der Waals surface area contributed by atoms with Gasteiger partial charge in [0.2, 0.25) is 0 Å². The SMILES string of the molecule is O=C(N[C@H]1CC[C@@H](C(=O)O)C1)c1cc(F)c(Cl)cc1F. The Bertz CT molecular complexity index is 565. The molecule has 0 spiro atoms. The van der Waals surface area contributed by atoms with Crippen LogP contribution in [-0.2, 0) is 4.79 Å². The highest BCUT2D eigenvalue weighted by Crippen LogP contribution is 2.26. The smallest absolute Gasteiger partial charge is 0.306 e. The molecule has 1 aliphatic carbocycles. The molecule has 1 amide bonds. The predicted octanol–water partition coefficient (Wildman–Crippen LogP) is 2.60. The maximum absolute atomic E-state index is 13.6. The van der Waals surface area contributed by atoms with Crippen LogP contribution < -0.4 is 5.32 Å². The molecule has 0 bridgehead atoms. The van der Waals surface area contributed by atoms with E-state index in [4.69, 9.17) is 16.7 Å². The molecule has 0 aromatic heterocycles. The Labute approximate surface area is 118 Å². The van der Waals surface area contributed by atoms with Gasteiger partial charge >= 0.3 is 5.97 Å². The summed E-state index contributed by atoms with van der Waals surface area (Å²) in [4.78, 5) is 22.7. The zero-order valence-electron chi connectivity index (χ0n) is 10.3. The third-order valence-electron chi connectivity index (χ3n) is 3.37. The first kappa shape index (κ1) is 14.7. The minimum absolute atomic E-state index is 0.290. The van der Waals surface area contributed by atoms with Gasteiger partial charge in [0, 0.05) is 6.04 Å². The third kappa shape index (κ3) is 3.07. The molecule has 7 heteroatoms. The lowest BCUT2D eigenvalue weighted by atomic mass is 10.1. The first-order valence-electron chi connectivity index (χ1n) is 6.06. The molecule has 0 unspecified atom stereocenters. The number of hydrogen-bond acceptors (Lipinski definition) is 2. The number of rotatable bonds is 3. The Hall–Kier alpha value is -1.69. The molecular weight excluding hydrogens is 292 g/mol. The lowest BCUT2D eigenvalue weighted by Gasteiger charge is -2.13. The van der Waals surface area contributed by atoms with E-state index in [1.807, 2.05) is 0 Å². The van der Waals surface area contributed by atoms with Crippen LogP contribution in [0.4, 0.5) is 8.78 Å². The van der Waals surface area contributed by atoms with Crippen molar-refractivity contribution in [3.8, 4) is 0 Å². The van der Waals surface area contributed by atoms with Gasteiger partial charge in [-0.2, -0.15) is 0 Å². The molecule has 0 saturated heterocycles. The number of benzene rings is 1. The lowest BCUT2D eigenvalue weighted by Crippen LogP contribution is -2.34. The maximum atomic E-state index is 13.6. The van der Waals surface area contributed by atoms with Crippen LogP contribution in [0.5, 0.6) is 0 Å². The Balaban J connectivity index is 2.06. The molecule has 0 heterocycles. The predicted molar refractivity (Wildman–Crippen MR) is 67.6 cm³/mol. The van der Waals surface area contributed by atoms with Crippen molar-refractivity contribution in [3.63, 3.8) is 0 Å². The second-order valence-electron chi connectivity index (χ2n) is 4.76. The van der Waals surface area contributed by atoms with Crippen molar-refractivity contribution in [3.05, 3.63) is 34.4 Å². The Morgan fingerprint density at radius 1 is 1.25 bits per heavy atom. The highest BCUT2D eigenvalue weighted by Gasteiger charge is 2.31. The van der Waals surface area contributed by atoms with Crippen LogP contribution >= 0.6 is 11.6 Å². The number of halogens is 3. The van der Waals surface area contributed by atoms with Gasteiger partial charge in [0.05, 0.1) is 16.5 Å². The van der Waals surface area contributed by atoms with Crippen LogP contribution in [0, 0.1) is 17.6 Å². The Kier molecular flexibility index (Phi) is 4.23. The molecule has 108 valence electrons. The normalized spacial score (nSPS) is 21.8. The molecule has 0 aliphatic heterocycles. The van der Waals surface area contributed by atoms with Gasteiger partial charge in [0.15, 0.2) is 0 Å². The first-order valence-corrected chi connectivity index (χ1v) is 6.44. The van der Waals surface area contributed by atoms with Crippen molar-refractivity contribution < 1.29 is 23.5 Å². The van der Waals surface area contributed by atoms with Crippen LogP contribution in [0.15, 0.2) is 12.1 Å². The molecule has 2 atom stereocenters. The summed E-state index contributed by atoms with van der Waals surface area (Å²) in [6, 6.07) is 1.12. The summed E-state index contributed by atoms with van der Waals surface area (Å²) in [6.45, 7) is 0. The molecule has 4 nitrogen and oxygen atoms in total. The maximum Gasteiger partial charge on any atom is 0.306 e. The minimum Gasteiger partial charge on any atom is -0.481 e. The van der Waals surface area contributed by atoms with E-state index in [0.29, 0.717) is 19.3 Å².